The average Bonchev–Trinajstić information content (AvgIpc) is 2.35. The first kappa shape index (κ1) is 15.9. The number of methoxy groups -OCH3 is 1. The van der Waals surface area contributed by atoms with Crippen LogP contribution in [0.5, 0.6) is 0 Å². The summed E-state index contributed by atoms with van der Waals surface area (Å²) in [4.78, 5) is 19.1. The van der Waals surface area contributed by atoms with Gasteiger partial charge in [0.1, 0.15) is 18.2 Å². The van der Waals surface area contributed by atoms with Crippen LogP contribution in [0.1, 0.15) is 6.92 Å². The third-order valence-corrected chi connectivity index (χ3v) is 2.14. The first-order valence-electron chi connectivity index (χ1n) is 5.24. The van der Waals surface area contributed by atoms with E-state index in [0.29, 0.717) is 19.0 Å². The fourth-order valence-corrected chi connectivity index (χ4v) is 1.07. The Labute approximate surface area is 106 Å². The number of carbonyl (C=O) groups is 1. The number of ether oxygens (including phenoxy) is 1. The van der Waals surface area contributed by atoms with Crippen molar-refractivity contribution < 1.29 is 9.53 Å². The van der Waals surface area contributed by atoms with Crippen molar-refractivity contribution >= 4 is 29.7 Å². The molecule has 0 fully saturated rings. The minimum absolute atomic E-state index is 0.156. The van der Waals surface area contributed by atoms with Gasteiger partial charge in [-0.05, 0) is 6.92 Å². The number of nitrogens with one attached hydrogen (secondary N) is 2. The quantitative estimate of drug-likeness (QED) is 0.294. The summed E-state index contributed by atoms with van der Waals surface area (Å²) in [6.45, 7) is 2.88. The molecule has 1 atom stereocenters. The van der Waals surface area contributed by atoms with Crippen molar-refractivity contribution in [1.29, 1.82) is 0 Å². The molecule has 0 aliphatic heterocycles. The fourth-order valence-electron chi connectivity index (χ4n) is 0.904. The standard InChI is InChI=1S/C10H19ClN4O2/c1-8(10(16)12-2)14-7-15-9(6-11)13-4-5-17-3/h7-8H,4-6H2,1-3H3,(H,12,16)(H,13,14,15). The van der Waals surface area contributed by atoms with Crippen LogP contribution in [0.2, 0.25) is 0 Å². The van der Waals surface area contributed by atoms with E-state index < -0.39 is 6.04 Å². The summed E-state index contributed by atoms with van der Waals surface area (Å²) < 4.78 is 4.88. The van der Waals surface area contributed by atoms with Gasteiger partial charge in [0.25, 0.3) is 0 Å². The molecule has 0 aromatic carbocycles. The first-order valence-corrected chi connectivity index (χ1v) is 5.77. The second-order valence-electron chi connectivity index (χ2n) is 3.18. The molecule has 0 saturated heterocycles. The van der Waals surface area contributed by atoms with E-state index in [0.717, 1.165) is 0 Å². The van der Waals surface area contributed by atoms with Crippen molar-refractivity contribution in [3.05, 3.63) is 0 Å². The smallest absolute Gasteiger partial charge is 0.244 e. The molecule has 0 aromatic rings. The molecule has 0 spiro atoms. The van der Waals surface area contributed by atoms with Crippen LogP contribution in [0.3, 0.4) is 0 Å². The molecule has 7 heteroatoms. The van der Waals surface area contributed by atoms with E-state index in [9.17, 15) is 4.79 Å². The van der Waals surface area contributed by atoms with Crippen molar-refractivity contribution in [3.63, 3.8) is 0 Å². The van der Waals surface area contributed by atoms with Crippen molar-refractivity contribution in [2.24, 2.45) is 9.98 Å². The topological polar surface area (TPSA) is 75.1 Å². The third-order valence-electron chi connectivity index (χ3n) is 1.89. The number of nitrogens with zero attached hydrogens (tertiary/aromatic N) is 2. The molecular weight excluding hydrogens is 244 g/mol. The van der Waals surface area contributed by atoms with Crippen LogP contribution < -0.4 is 10.6 Å². The van der Waals surface area contributed by atoms with Gasteiger partial charge in [0.2, 0.25) is 5.91 Å². The van der Waals surface area contributed by atoms with Gasteiger partial charge in [0.05, 0.1) is 12.5 Å². The van der Waals surface area contributed by atoms with Crippen molar-refractivity contribution in [1.82, 2.24) is 10.6 Å². The molecule has 1 unspecified atom stereocenters. The second-order valence-corrected chi connectivity index (χ2v) is 3.45. The summed E-state index contributed by atoms with van der Waals surface area (Å²) in [5.74, 6) is 0.692. The molecule has 0 aliphatic carbocycles. The van der Waals surface area contributed by atoms with Crippen molar-refractivity contribution in [2.75, 3.05) is 33.2 Å². The van der Waals surface area contributed by atoms with E-state index in [1.165, 1.54) is 6.34 Å². The number of aliphatic imine (C=N–C) groups is 2. The summed E-state index contributed by atoms with van der Waals surface area (Å²) in [5.41, 5.74) is 0. The Morgan fingerprint density at radius 1 is 1.59 bits per heavy atom. The first-order chi connectivity index (χ1) is 8.15. The molecule has 0 radical (unpaired) electrons. The minimum Gasteiger partial charge on any atom is -0.383 e. The van der Waals surface area contributed by atoms with E-state index >= 15 is 0 Å². The summed E-state index contributed by atoms with van der Waals surface area (Å²) >= 11 is 5.68. The number of likely N-dealkylation sites (N-methyl/N-ethyl adjacent to an activating group) is 1. The lowest BCUT2D eigenvalue weighted by molar-refractivity contribution is -0.121. The molecule has 0 aliphatic rings. The van der Waals surface area contributed by atoms with Gasteiger partial charge in [-0.15, -0.1) is 11.6 Å². The summed E-state index contributed by atoms with van der Waals surface area (Å²) in [6.07, 6.45) is 1.33. The van der Waals surface area contributed by atoms with Gasteiger partial charge in [-0.1, -0.05) is 0 Å². The normalized spacial score (nSPS) is 13.8. The number of rotatable bonds is 7. The molecule has 2 N–H and O–H groups in total. The van der Waals surface area contributed by atoms with E-state index in [2.05, 4.69) is 20.6 Å². The number of amidine groups is 1. The fraction of sp³-hybridized carbons (Fsp3) is 0.700. The molecule has 1 amide bonds. The number of hydrogen-bond acceptors (Lipinski definition) is 3. The van der Waals surface area contributed by atoms with Crippen molar-refractivity contribution in [2.45, 2.75) is 13.0 Å². The maximum Gasteiger partial charge on any atom is 0.244 e. The largest absolute Gasteiger partial charge is 0.383 e. The molecule has 0 bridgehead atoms. The number of carbonyl (C=O) groups excluding carboxylic acids is 1. The predicted molar refractivity (Wildman–Crippen MR) is 70.1 cm³/mol. The van der Waals surface area contributed by atoms with Gasteiger partial charge in [0.15, 0.2) is 0 Å². The summed E-state index contributed by atoms with van der Waals surface area (Å²) in [7, 11) is 3.18. The Hall–Kier alpha value is -1.14. The zero-order chi connectivity index (χ0) is 13.1. The highest BCUT2D eigenvalue weighted by Crippen LogP contribution is 1.88. The van der Waals surface area contributed by atoms with Gasteiger partial charge in [0, 0.05) is 20.7 Å². The van der Waals surface area contributed by atoms with Crippen molar-refractivity contribution in [3.8, 4) is 0 Å². The van der Waals surface area contributed by atoms with Crippen LogP contribution >= 0.6 is 11.6 Å². The number of alkyl halides is 1. The molecule has 0 aromatic heterocycles. The third kappa shape index (κ3) is 7.70. The zero-order valence-electron chi connectivity index (χ0n) is 10.4. The van der Waals surface area contributed by atoms with Crippen LogP contribution in [0.4, 0.5) is 0 Å². The Kier molecular flexibility index (Phi) is 9.37. The molecule has 17 heavy (non-hydrogen) atoms. The van der Waals surface area contributed by atoms with Gasteiger partial charge in [-0.25, -0.2) is 4.99 Å². The van der Waals surface area contributed by atoms with Gasteiger partial charge >= 0.3 is 0 Å². The van der Waals surface area contributed by atoms with Crippen LogP contribution in [-0.4, -0.2) is 57.3 Å². The number of amides is 1. The molecular formula is C10H19ClN4O2. The molecule has 0 heterocycles. The molecule has 0 rings (SSSR count). The number of hydrogen-bond donors (Lipinski definition) is 2. The van der Waals surface area contributed by atoms with E-state index in [4.69, 9.17) is 16.3 Å². The molecule has 0 saturated carbocycles. The second kappa shape index (κ2) is 10.0. The Morgan fingerprint density at radius 2 is 2.29 bits per heavy atom. The lowest BCUT2D eigenvalue weighted by Crippen LogP contribution is -2.29. The van der Waals surface area contributed by atoms with Gasteiger partial charge in [-0.2, -0.15) is 0 Å². The minimum atomic E-state index is -0.459. The highest BCUT2D eigenvalue weighted by molar-refractivity contribution is 6.28. The van der Waals surface area contributed by atoms with Crippen LogP contribution in [-0.2, 0) is 9.53 Å². The molecule has 6 nitrogen and oxygen atoms in total. The maximum atomic E-state index is 11.1. The molecule has 98 valence electrons. The zero-order valence-corrected chi connectivity index (χ0v) is 11.1. The highest BCUT2D eigenvalue weighted by atomic mass is 35.5. The Morgan fingerprint density at radius 3 is 2.82 bits per heavy atom. The van der Waals surface area contributed by atoms with E-state index in [1.807, 2.05) is 0 Å². The Balaban J connectivity index is 4.15. The lowest BCUT2D eigenvalue weighted by atomic mass is 10.3. The van der Waals surface area contributed by atoms with Gasteiger partial charge < -0.3 is 15.4 Å². The van der Waals surface area contributed by atoms with Gasteiger partial charge in [-0.3, -0.25) is 9.79 Å². The van der Waals surface area contributed by atoms with Crippen LogP contribution in [0.25, 0.3) is 0 Å². The Bertz CT molecular complexity index is 281. The lowest BCUT2D eigenvalue weighted by Gasteiger charge is -2.05. The summed E-state index contributed by atoms with van der Waals surface area (Å²) in [6, 6.07) is -0.459. The summed E-state index contributed by atoms with van der Waals surface area (Å²) in [5, 5.41) is 5.49. The van der Waals surface area contributed by atoms with Crippen LogP contribution in [0, 0.1) is 0 Å². The highest BCUT2D eigenvalue weighted by Gasteiger charge is 2.06. The van der Waals surface area contributed by atoms with Crippen LogP contribution in [0.15, 0.2) is 9.98 Å². The predicted octanol–water partition coefficient (Wildman–Crippen LogP) is 0.0225. The van der Waals surface area contributed by atoms with E-state index in [-0.39, 0.29) is 11.8 Å². The van der Waals surface area contributed by atoms with E-state index in [1.54, 1.807) is 21.1 Å². The maximum absolute atomic E-state index is 11.1. The monoisotopic (exact) mass is 262 g/mol. The average molecular weight is 263 g/mol. The number of halogens is 1. The SMILES string of the molecule is CNC(=O)C(C)/N=C\N=C(/CCl)NCCOC.